The number of morpholine rings is 1. The van der Waals surface area contributed by atoms with Crippen molar-refractivity contribution in [2.45, 2.75) is 11.4 Å². The molecule has 0 bridgehead atoms. The molecule has 1 fully saturated rings. The van der Waals surface area contributed by atoms with Crippen LogP contribution in [0.2, 0.25) is 0 Å². The lowest BCUT2D eigenvalue weighted by Crippen LogP contribution is -2.40. The Kier molecular flexibility index (Phi) is 7.03. The maximum Gasteiger partial charge on any atom is 0.313 e. The third-order valence-electron chi connectivity index (χ3n) is 4.54. The standard InChI is InChI=1S/C20H23N3O6S/c1-28-17-6-4-16(5-7-17)22-20(25)19(24)21-14-15-2-8-18(9-3-15)30(26,27)23-10-12-29-13-11-23/h2-9H,10-14H2,1H3,(H,21,24)(H,22,25). The molecule has 30 heavy (non-hydrogen) atoms. The summed E-state index contributed by atoms with van der Waals surface area (Å²) in [5.41, 5.74) is 1.13. The highest BCUT2D eigenvalue weighted by atomic mass is 32.2. The minimum atomic E-state index is -3.57. The fourth-order valence-electron chi connectivity index (χ4n) is 2.84. The van der Waals surface area contributed by atoms with Gasteiger partial charge in [0.2, 0.25) is 10.0 Å². The molecule has 3 rings (SSSR count). The van der Waals surface area contributed by atoms with Gasteiger partial charge in [-0.1, -0.05) is 12.1 Å². The van der Waals surface area contributed by atoms with Gasteiger partial charge >= 0.3 is 11.8 Å². The molecule has 9 nitrogen and oxygen atoms in total. The van der Waals surface area contributed by atoms with Crippen LogP contribution in [0.5, 0.6) is 5.75 Å². The first-order valence-corrected chi connectivity index (χ1v) is 10.7. The van der Waals surface area contributed by atoms with Gasteiger partial charge in [0.15, 0.2) is 0 Å². The van der Waals surface area contributed by atoms with Crippen LogP contribution in [0.3, 0.4) is 0 Å². The molecule has 1 aliphatic rings. The van der Waals surface area contributed by atoms with Crippen LogP contribution in [0.1, 0.15) is 5.56 Å². The summed E-state index contributed by atoms with van der Waals surface area (Å²) in [5, 5.41) is 5.00. The van der Waals surface area contributed by atoms with Crippen molar-refractivity contribution >= 4 is 27.5 Å². The summed E-state index contributed by atoms with van der Waals surface area (Å²) in [5.74, 6) is -0.959. The van der Waals surface area contributed by atoms with Crippen molar-refractivity contribution in [1.82, 2.24) is 9.62 Å². The second-order valence-corrected chi connectivity index (χ2v) is 8.46. The van der Waals surface area contributed by atoms with Gasteiger partial charge in [-0.2, -0.15) is 4.31 Å². The zero-order chi connectivity index (χ0) is 21.6. The van der Waals surface area contributed by atoms with E-state index in [1.807, 2.05) is 0 Å². The lowest BCUT2D eigenvalue weighted by atomic mass is 10.2. The van der Waals surface area contributed by atoms with Gasteiger partial charge in [-0.15, -0.1) is 0 Å². The van der Waals surface area contributed by atoms with E-state index in [4.69, 9.17) is 9.47 Å². The molecule has 160 valence electrons. The first-order chi connectivity index (χ1) is 14.4. The number of anilines is 1. The van der Waals surface area contributed by atoms with E-state index < -0.39 is 21.8 Å². The number of nitrogens with zero attached hydrogens (tertiary/aromatic N) is 1. The molecule has 2 amide bonds. The molecule has 0 atom stereocenters. The topological polar surface area (TPSA) is 114 Å². The van der Waals surface area contributed by atoms with Crippen LogP contribution < -0.4 is 15.4 Å². The number of carbonyl (C=O) groups excluding carboxylic acids is 2. The number of carbonyl (C=O) groups is 2. The highest BCUT2D eigenvalue weighted by Crippen LogP contribution is 2.18. The molecular formula is C20H23N3O6S. The Hall–Kier alpha value is -2.95. The molecule has 0 spiro atoms. The maximum absolute atomic E-state index is 12.6. The summed E-state index contributed by atoms with van der Waals surface area (Å²) in [6.07, 6.45) is 0. The predicted molar refractivity (Wildman–Crippen MR) is 109 cm³/mol. The normalized spacial score (nSPS) is 14.7. The monoisotopic (exact) mass is 433 g/mol. The quantitative estimate of drug-likeness (QED) is 0.657. The number of benzene rings is 2. The van der Waals surface area contributed by atoms with Crippen molar-refractivity contribution in [3.8, 4) is 5.75 Å². The van der Waals surface area contributed by atoms with Crippen molar-refractivity contribution in [1.29, 1.82) is 0 Å². The second-order valence-electron chi connectivity index (χ2n) is 6.53. The van der Waals surface area contributed by atoms with E-state index in [9.17, 15) is 18.0 Å². The van der Waals surface area contributed by atoms with Crippen LogP contribution in [0.15, 0.2) is 53.4 Å². The average Bonchev–Trinajstić information content (AvgIpc) is 2.78. The number of ether oxygens (including phenoxy) is 2. The Morgan fingerprint density at radius 2 is 1.63 bits per heavy atom. The number of hydrogen-bond donors (Lipinski definition) is 2. The first kappa shape index (κ1) is 21.8. The van der Waals surface area contributed by atoms with Crippen LogP contribution >= 0.6 is 0 Å². The number of sulfonamides is 1. The molecule has 2 N–H and O–H groups in total. The van der Waals surface area contributed by atoms with E-state index in [-0.39, 0.29) is 11.4 Å². The van der Waals surface area contributed by atoms with E-state index in [1.165, 1.54) is 23.5 Å². The number of nitrogens with one attached hydrogen (secondary N) is 2. The van der Waals surface area contributed by atoms with Gasteiger partial charge in [-0.25, -0.2) is 8.42 Å². The molecule has 1 saturated heterocycles. The van der Waals surface area contributed by atoms with Gasteiger partial charge < -0.3 is 20.1 Å². The molecule has 0 unspecified atom stereocenters. The minimum absolute atomic E-state index is 0.0900. The van der Waals surface area contributed by atoms with Crippen LogP contribution in [0, 0.1) is 0 Å². The van der Waals surface area contributed by atoms with Crippen molar-refractivity contribution in [3.63, 3.8) is 0 Å². The van der Waals surface area contributed by atoms with Gasteiger partial charge in [0.1, 0.15) is 5.75 Å². The Labute approximate surface area is 175 Å². The average molecular weight is 433 g/mol. The van der Waals surface area contributed by atoms with Gasteiger partial charge in [0.25, 0.3) is 0 Å². The molecular weight excluding hydrogens is 410 g/mol. The third-order valence-corrected chi connectivity index (χ3v) is 6.45. The molecule has 10 heteroatoms. The predicted octanol–water partition coefficient (Wildman–Crippen LogP) is 0.971. The van der Waals surface area contributed by atoms with Crippen LogP contribution in [0.4, 0.5) is 5.69 Å². The van der Waals surface area contributed by atoms with Gasteiger partial charge in [-0.05, 0) is 42.0 Å². The summed E-state index contributed by atoms with van der Waals surface area (Å²) in [6, 6.07) is 12.8. The molecule has 0 aliphatic carbocycles. The molecule has 2 aromatic carbocycles. The number of hydrogen-bond acceptors (Lipinski definition) is 6. The van der Waals surface area contributed by atoms with Crippen LogP contribution in [0.25, 0.3) is 0 Å². The fraction of sp³-hybridized carbons (Fsp3) is 0.300. The largest absolute Gasteiger partial charge is 0.497 e. The third kappa shape index (κ3) is 5.35. The molecule has 1 heterocycles. The lowest BCUT2D eigenvalue weighted by molar-refractivity contribution is -0.136. The Morgan fingerprint density at radius 3 is 2.23 bits per heavy atom. The van der Waals surface area contributed by atoms with Gasteiger partial charge in [0.05, 0.1) is 25.2 Å². The van der Waals surface area contributed by atoms with Crippen molar-refractivity contribution in [2.75, 3.05) is 38.7 Å². The van der Waals surface area contributed by atoms with E-state index in [2.05, 4.69) is 10.6 Å². The summed E-state index contributed by atoms with van der Waals surface area (Å²) in [6.45, 7) is 1.49. The lowest BCUT2D eigenvalue weighted by Gasteiger charge is -2.26. The fourth-order valence-corrected chi connectivity index (χ4v) is 4.25. The molecule has 0 saturated carbocycles. The molecule has 2 aromatic rings. The summed E-state index contributed by atoms with van der Waals surface area (Å²) in [7, 11) is -2.04. The molecule has 0 aromatic heterocycles. The number of amides is 2. The van der Waals surface area contributed by atoms with E-state index >= 15 is 0 Å². The smallest absolute Gasteiger partial charge is 0.313 e. The zero-order valence-electron chi connectivity index (χ0n) is 16.5. The Morgan fingerprint density at radius 1 is 1.00 bits per heavy atom. The second kappa shape index (κ2) is 9.70. The summed E-state index contributed by atoms with van der Waals surface area (Å²) in [4.78, 5) is 24.2. The number of rotatable bonds is 6. The SMILES string of the molecule is COc1ccc(NC(=O)C(=O)NCc2ccc(S(=O)(=O)N3CCOCC3)cc2)cc1. The number of methoxy groups -OCH3 is 1. The molecule has 0 radical (unpaired) electrons. The highest BCUT2D eigenvalue weighted by molar-refractivity contribution is 7.89. The summed E-state index contributed by atoms with van der Waals surface area (Å²) < 4.78 is 36.8. The van der Waals surface area contributed by atoms with Gasteiger partial charge in [-0.3, -0.25) is 9.59 Å². The van der Waals surface area contributed by atoms with E-state index in [0.717, 1.165) is 0 Å². The Balaban J connectivity index is 1.53. The van der Waals surface area contributed by atoms with Crippen LogP contribution in [-0.4, -0.2) is 58.0 Å². The van der Waals surface area contributed by atoms with Crippen molar-refractivity contribution in [2.24, 2.45) is 0 Å². The maximum atomic E-state index is 12.6. The van der Waals surface area contributed by atoms with E-state index in [1.54, 1.807) is 36.4 Å². The van der Waals surface area contributed by atoms with Crippen LogP contribution in [-0.2, 0) is 30.9 Å². The van der Waals surface area contributed by atoms with Gasteiger partial charge in [0, 0.05) is 25.3 Å². The minimum Gasteiger partial charge on any atom is -0.497 e. The zero-order valence-corrected chi connectivity index (χ0v) is 17.3. The highest BCUT2D eigenvalue weighted by Gasteiger charge is 2.26. The first-order valence-electron chi connectivity index (χ1n) is 9.30. The van der Waals surface area contributed by atoms with Crippen molar-refractivity contribution in [3.05, 3.63) is 54.1 Å². The summed E-state index contributed by atoms with van der Waals surface area (Å²) >= 11 is 0. The molecule has 1 aliphatic heterocycles. The van der Waals surface area contributed by atoms with Crippen molar-refractivity contribution < 1.29 is 27.5 Å². The Bertz CT molecular complexity index is 984. The van der Waals surface area contributed by atoms with E-state index in [0.29, 0.717) is 43.3 Å².